The van der Waals surface area contributed by atoms with Crippen molar-refractivity contribution in [1.29, 1.82) is 0 Å². The molecule has 4 heteroatoms. The second-order valence-electron chi connectivity index (χ2n) is 6.55. The molecule has 1 N–H and O–H groups in total. The molecule has 3 rings (SSSR count). The molecular weight excluding hydrogens is 337 g/mol. The number of hydrogen-bond acceptors (Lipinski definition) is 1. The summed E-state index contributed by atoms with van der Waals surface area (Å²) in [4.78, 5) is 12.2. The van der Waals surface area contributed by atoms with Crippen molar-refractivity contribution in [3.63, 3.8) is 0 Å². The van der Waals surface area contributed by atoms with Gasteiger partial charge in [0.2, 0.25) is 5.91 Å². The van der Waals surface area contributed by atoms with E-state index < -0.39 is 0 Å². The van der Waals surface area contributed by atoms with Crippen LogP contribution in [-0.2, 0) is 4.79 Å². The van der Waals surface area contributed by atoms with E-state index in [9.17, 15) is 9.18 Å². The van der Waals surface area contributed by atoms with E-state index in [0.29, 0.717) is 10.6 Å². The molecule has 25 heavy (non-hydrogen) atoms. The summed E-state index contributed by atoms with van der Waals surface area (Å²) in [6.45, 7) is 6.46. The van der Waals surface area contributed by atoms with Crippen molar-refractivity contribution in [3.8, 4) is 11.1 Å². The minimum absolute atomic E-state index is 0.00213. The monoisotopic (exact) mass is 357 g/mol. The lowest BCUT2D eigenvalue weighted by Gasteiger charge is -2.20. The fourth-order valence-corrected chi connectivity index (χ4v) is 3.61. The number of nitrogens with one attached hydrogen (secondary N) is 1. The van der Waals surface area contributed by atoms with E-state index in [1.165, 1.54) is 6.07 Å². The van der Waals surface area contributed by atoms with E-state index in [1.54, 1.807) is 13.0 Å². The number of aryl methyl sites for hydroxylation is 1. The zero-order chi connectivity index (χ0) is 18.1. The van der Waals surface area contributed by atoms with Crippen molar-refractivity contribution in [1.82, 2.24) is 5.32 Å². The van der Waals surface area contributed by atoms with E-state index in [4.69, 9.17) is 11.6 Å². The van der Waals surface area contributed by atoms with Gasteiger partial charge >= 0.3 is 0 Å². The van der Waals surface area contributed by atoms with Crippen LogP contribution in [0.5, 0.6) is 0 Å². The Morgan fingerprint density at radius 1 is 1.20 bits per heavy atom. The lowest BCUT2D eigenvalue weighted by Crippen LogP contribution is -2.31. The lowest BCUT2D eigenvalue weighted by atomic mass is 9.89. The fraction of sp³-hybridized carbons (Fsp3) is 0.286. The predicted octanol–water partition coefficient (Wildman–Crippen LogP) is 5.45. The molecule has 2 aromatic carbocycles. The molecule has 2 nitrogen and oxygen atoms in total. The summed E-state index contributed by atoms with van der Waals surface area (Å²) >= 11 is 6.37. The summed E-state index contributed by atoms with van der Waals surface area (Å²) in [7, 11) is 0. The molecule has 1 amide bonds. The van der Waals surface area contributed by atoms with Gasteiger partial charge in [0.15, 0.2) is 0 Å². The number of benzene rings is 2. The highest BCUT2D eigenvalue weighted by atomic mass is 35.5. The number of halogens is 2. The number of rotatable bonds is 2. The molecule has 1 heterocycles. The zero-order valence-electron chi connectivity index (χ0n) is 14.7. The van der Waals surface area contributed by atoms with Gasteiger partial charge in [-0.05, 0) is 91.3 Å². The lowest BCUT2D eigenvalue weighted by molar-refractivity contribution is -0.118. The Hall–Kier alpha value is -2.13. The van der Waals surface area contributed by atoms with Crippen LogP contribution in [0.15, 0.2) is 35.9 Å². The standard InChI is InChI=1S/C21H21ClFNO/c1-12-9-15(6-7-20(12)23)19-11-16(22)10-18(14(19)3)13(2)17-5-4-8-24-21(17)25/h6-7,9-11H,4-5,8H2,1-3H3,(H,24,25)/b17-13+. The van der Waals surface area contributed by atoms with Gasteiger partial charge in [0.1, 0.15) is 5.82 Å². The molecule has 1 fully saturated rings. The van der Waals surface area contributed by atoms with Crippen LogP contribution in [0.25, 0.3) is 16.7 Å². The largest absolute Gasteiger partial charge is 0.352 e. The second kappa shape index (κ2) is 7.01. The molecular formula is C21H21ClFNO. The van der Waals surface area contributed by atoms with Gasteiger partial charge in [-0.2, -0.15) is 0 Å². The summed E-state index contributed by atoms with van der Waals surface area (Å²) in [5, 5.41) is 3.51. The van der Waals surface area contributed by atoms with Crippen molar-refractivity contribution in [2.24, 2.45) is 0 Å². The maximum Gasteiger partial charge on any atom is 0.247 e. The highest BCUT2D eigenvalue weighted by molar-refractivity contribution is 6.31. The number of piperidine rings is 1. The summed E-state index contributed by atoms with van der Waals surface area (Å²) < 4.78 is 13.6. The molecule has 0 bridgehead atoms. The Labute approximate surface area is 152 Å². The smallest absolute Gasteiger partial charge is 0.247 e. The fourth-order valence-electron chi connectivity index (χ4n) is 3.39. The number of hydrogen-bond donors (Lipinski definition) is 1. The van der Waals surface area contributed by atoms with E-state index in [0.717, 1.165) is 52.8 Å². The molecule has 1 aliphatic rings. The maximum atomic E-state index is 13.6. The van der Waals surface area contributed by atoms with Crippen molar-refractivity contribution >= 4 is 23.1 Å². The van der Waals surface area contributed by atoms with Crippen LogP contribution in [-0.4, -0.2) is 12.5 Å². The number of allylic oxidation sites excluding steroid dienone is 1. The summed E-state index contributed by atoms with van der Waals surface area (Å²) in [5.74, 6) is -0.219. The Balaban J connectivity index is 2.16. The molecule has 0 spiro atoms. The van der Waals surface area contributed by atoms with Gasteiger partial charge in [-0.3, -0.25) is 4.79 Å². The number of amides is 1. The van der Waals surface area contributed by atoms with Crippen LogP contribution >= 0.6 is 11.6 Å². The van der Waals surface area contributed by atoms with Crippen LogP contribution in [0.1, 0.15) is 36.5 Å². The molecule has 2 aromatic rings. The van der Waals surface area contributed by atoms with Gasteiger partial charge in [0.25, 0.3) is 0 Å². The van der Waals surface area contributed by atoms with Crippen LogP contribution in [0.2, 0.25) is 5.02 Å². The molecule has 0 aliphatic carbocycles. The minimum Gasteiger partial charge on any atom is -0.352 e. The number of carbonyl (C=O) groups excluding carboxylic acids is 1. The second-order valence-corrected chi connectivity index (χ2v) is 6.99. The molecule has 0 saturated carbocycles. The Bertz CT molecular complexity index is 886. The molecule has 1 saturated heterocycles. The molecule has 0 unspecified atom stereocenters. The quantitative estimate of drug-likeness (QED) is 0.712. The van der Waals surface area contributed by atoms with Crippen molar-refractivity contribution < 1.29 is 9.18 Å². The molecule has 0 aromatic heterocycles. The SMILES string of the molecule is C/C(=C1/CCCNC1=O)c1cc(Cl)cc(-c2ccc(F)c(C)c2)c1C. The Kier molecular flexibility index (Phi) is 4.96. The van der Waals surface area contributed by atoms with Crippen molar-refractivity contribution in [3.05, 3.63) is 63.4 Å². The Morgan fingerprint density at radius 2 is 1.96 bits per heavy atom. The molecule has 0 atom stereocenters. The third kappa shape index (κ3) is 3.47. The van der Waals surface area contributed by atoms with Crippen LogP contribution in [0.3, 0.4) is 0 Å². The van der Waals surface area contributed by atoms with Gasteiger partial charge in [0, 0.05) is 17.1 Å². The highest BCUT2D eigenvalue weighted by Gasteiger charge is 2.20. The first-order chi connectivity index (χ1) is 11.9. The summed E-state index contributed by atoms with van der Waals surface area (Å²) in [5.41, 5.74) is 6.26. The van der Waals surface area contributed by atoms with Crippen molar-refractivity contribution in [2.45, 2.75) is 33.6 Å². The normalized spacial score (nSPS) is 16.6. The Morgan fingerprint density at radius 3 is 2.64 bits per heavy atom. The average molecular weight is 358 g/mol. The summed E-state index contributed by atoms with van der Waals surface area (Å²) in [6.07, 6.45) is 1.72. The van der Waals surface area contributed by atoms with E-state index >= 15 is 0 Å². The van der Waals surface area contributed by atoms with Gasteiger partial charge in [0.05, 0.1) is 0 Å². The van der Waals surface area contributed by atoms with Gasteiger partial charge in [-0.1, -0.05) is 17.7 Å². The summed E-state index contributed by atoms with van der Waals surface area (Å²) in [6, 6.07) is 8.87. The van der Waals surface area contributed by atoms with Crippen LogP contribution < -0.4 is 5.32 Å². The van der Waals surface area contributed by atoms with Crippen molar-refractivity contribution in [2.75, 3.05) is 6.54 Å². The first-order valence-electron chi connectivity index (χ1n) is 8.43. The third-order valence-corrected chi connectivity index (χ3v) is 5.08. The highest BCUT2D eigenvalue weighted by Crippen LogP contribution is 2.35. The van der Waals surface area contributed by atoms with E-state index in [-0.39, 0.29) is 11.7 Å². The third-order valence-electron chi connectivity index (χ3n) is 4.86. The first kappa shape index (κ1) is 17.7. The van der Waals surface area contributed by atoms with E-state index in [2.05, 4.69) is 5.32 Å². The molecule has 130 valence electrons. The predicted molar refractivity (Wildman–Crippen MR) is 101 cm³/mol. The number of carbonyl (C=O) groups is 1. The van der Waals surface area contributed by atoms with Crippen LogP contribution in [0, 0.1) is 19.7 Å². The topological polar surface area (TPSA) is 29.1 Å². The van der Waals surface area contributed by atoms with Gasteiger partial charge < -0.3 is 5.32 Å². The van der Waals surface area contributed by atoms with Gasteiger partial charge in [-0.15, -0.1) is 0 Å². The first-order valence-corrected chi connectivity index (χ1v) is 8.81. The zero-order valence-corrected chi connectivity index (χ0v) is 15.4. The molecule has 1 aliphatic heterocycles. The average Bonchev–Trinajstić information content (AvgIpc) is 2.59. The molecule has 0 radical (unpaired) electrons. The minimum atomic E-state index is -0.221. The maximum absolute atomic E-state index is 13.6. The van der Waals surface area contributed by atoms with Crippen LogP contribution in [0.4, 0.5) is 4.39 Å². The van der Waals surface area contributed by atoms with E-state index in [1.807, 2.05) is 32.0 Å². The van der Waals surface area contributed by atoms with Gasteiger partial charge in [-0.25, -0.2) is 4.39 Å².